The Hall–Kier alpha value is -1.06. The van der Waals surface area contributed by atoms with Crippen molar-refractivity contribution in [2.24, 2.45) is 0 Å². The van der Waals surface area contributed by atoms with Crippen LogP contribution in [0, 0.1) is 0 Å². The Morgan fingerprint density at radius 2 is 1.71 bits per heavy atom. The molecule has 1 atom stereocenters. The van der Waals surface area contributed by atoms with E-state index < -0.39 is 0 Å². The predicted octanol–water partition coefficient (Wildman–Crippen LogP) is 3.06. The van der Waals surface area contributed by atoms with Crippen molar-refractivity contribution >= 4 is 5.69 Å². The van der Waals surface area contributed by atoms with E-state index in [1.165, 1.54) is 12.0 Å². The first-order valence-corrected chi connectivity index (χ1v) is 6.12. The maximum atomic E-state index is 5.21. The van der Waals surface area contributed by atoms with Gasteiger partial charge in [-0.25, -0.2) is 0 Å². The third-order valence-corrected chi connectivity index (χ3v) is 2.76. The van der Waals surface area contributed by atoms with Crippen molar-refractivity contribution in [2.45, 2.75) is 39.0 Å². The van der Waals surface area contributed by atoms with Gasteiger partial charge in [-0.15, -0.1) is 0 Å². The van der Waals surface area contributed by atoms with E-state index in [0.717, 1.165) is 12.1 Å². The van der Waals surface area contributed by atoms with Crippen LogP contribution < -0.4 is 5.32 Å². The topological polar surface area (TPSA) is 30.5 Å². The van der Waals surface area contributed by atoms with E-state index in [9.17, 15) is 0 Å². The molecule has 0 aromatic heterocycles. The monoisotopic (exact) mass is 237 g/mol. The van der Waals surface area contributed by atoms with Crippen molar-refractivity contribution < 1.29 is 9.47 Å². The van der Waals surface area contributed by atoms with Gasteiger partial charge in [-0.1, -0.05) is 25.5 Å². The van der Waals surface area contributed by atoms with E-state index in [4.69, 9.17) is 9.47 Å². The lowest BCUT2D eigenvalue weighted by molar-refractivity contribution is -0.109. The zero-order chi connectivity index (χ0) is 12.7. The minimum absolute atomic E-state index is 0.113. The van der Waals surface area contributed by atoms with Crippen LogP contribution in [0.1, 0.15) is 25.8 Å². The molecule has 1 aromatic rings. The summed E-state index contributed by atoms with van der Waals surface area (Å²) in [6.45, 7) is 4.23. The van der Waals surface area contributed by atoms with E-state index in [2.05, 4.69) is 36.5 Å². The molecule has 1 unspecified atom stereocenters. The highest BCUT2D eigenvalue weighted by Gasteiger charge is 2.14. The van der Waals surface area contributed by atoms with Crippen LogP contribution in [-0.2, 0) is 15.9 Å². The van der Waals surface area contributed by atoms with E-state index in [0.29, 0.717) is 0 Å². The second kappa shape index (κ2) is 7.30. The second-order valence-corrected chi connectivity index (χ2v) is 4.22. The van der Waals surface area contributed by atoms with Crippen molar-refractivity contribution in [3.05, 3.63) is 29.8 Å². The van der Waals surface area contributed by atoms with E-state index in [-0.39, 0.29) is 12.3 Å². The third-order valence-electron chi connectivity index (χ3n) is 2.76. The van der Waals surface area contributed by atoms with Gasteiger partial charge in [0.05, 0.1) is 6.04 Å². The van der Waals surface area contributed by atoms with E-state index in [1.54, 1.807) is 14.2 Å². The van der Waals surface area contributed by atoms with Crippen LogP contribution in [0.3, 0.4) is 0 Å². The summed E-state index contributed by atoms with van der Waals surface area (Å²) in [5, 5.41) is 3.36. The molecular weight excluding hydrogens is 214 g/mol. The average Bonchev–Trinajstić information content (AvgIpc) is 2.33. The van der Waals surface area contributed by atoms with Gasteiger partial charge in [0.1, 0.15) is 0 Å². The number of rotatable bonds is 7. The van der Waals surface area contributed by atoms with Crippen molar-refractivity contribution in [2.75, 3.05) is 19.5 Å². The van der Waals surface area contributed by atoms with Gasteiger partial charge in [0.2, 0.25) is 0 Å². The summed E-state index contributed by atoms with van der Waals surface area (Å²) in [5.41, 5.74) is 2.47. The molecule has 96 valence electrons. The van der Waals surface area contributed by atoms with Gasteiger partial charge in [0.25, 0.3) is 0 Å². The van der Waals surface area contributed by atoms with Crippen molar-refractivity contribution in [3.8, 4) is 0 Å². The molecule has 0 heterocycles. The summed E-state index contributed by atoms with van der Waals surface area (Å²) in [6, 6.07) is 8.63. The van der Waals surface area contributed by atoms with Gasteiger partial charge in [-0.3, -0.25) is 0 Å². The molecule has 1 aromatic carbocycles. The molecular formula is C14H23NO2. The highest BCUT2D eigenvalue weighted by Crippen LogP contribution is 2.14. The molecule has 0 spiro atoms. The zero-order valence-electron chi connectivity index (χ0n) is 11.2. The molecule has 3 nitrogen and oxygen atoms in total. The molecule has 0 amide bonds. The van der Waals surface area contributed by atoms with Gasteiger partial charge < -0.3 is 14.8 Å². The Morgan fingerprint density at radius 3 is 2.18 bits per heavy atom. The summed E-state index contributed by atoms with van der Waals surface area (Å²) in [5.74, 6) is 0. The lowest BCUT2D eigenvalue weighted by Gasteiger charge is -2.23. The summed E-state index contributed by atoms with van der Waals surface area (Å²) in [4.78, 5) is 0. The molecule has 0 fully saturated rings. The van der Waals surface area contributed by atoms with Gasteiger partial charge in [-0.05, 0) is 31.0 Å². The maximum absolute atomic E-state index is 5.21. The SMILES string of the molecule is CCCc1ccc(NC(C)C(OC)OC)cc1. The third kappa shape index (κ3) is 4.36. The smallest absolute Gasteiger partial charge is 0.176 e. The van der Waals surface area contributed by atoms with Crippen LogP contribution in [-0.4, -0.2) is 26.6 Å². The zero-order valence-corrected chi connectivity index (χ0v) is 11.2. The summed E-state index contributed by atoms with van der Waals surface area (Å²) in [7, 11) is 3.30. The number of hydrogen-bond donors (Lipinski definition) is 1. The lowest BCUT2D eigenvalue weighted by Crippen LogP contribution is -2.33. The summed E-state index contributed by atoms with van der Waals surface area (Å²) >= 11 is 0. The number of aryl methyl sites for hydroxylation is 1. The molecule has 3 heteroatoms. The molecule has 0 aliphatic rings. The Balaban J connectivity index is 2.56. The van der Waals surface area contributed by atoms with Gasteiger partial charge in [-0.2, -0.15) is 0 Å². The van der Waals surface area contributed by atoms with Gasteiger partial charge in [0, 0.05) is 19.9 Å². The first kappa shape index (κ1) is 14.0. The average molecular weight is 237 g/mol. The fraction of sp³-hybridized carbons (Fsp3) is 0.571. The Labute approximate surface area is 104 Å². The fourth-order valence-corrected chi connectivity index (χ4v) is 1.89. The highest BCUT2D eigenvalue weighted by molar-refractivity contribution is 5.45. The predicted molar refractivity (Wildman–Crippen MR) is 71.3 cm³/mol. The standard InChI is InChI=1S/C14H23NO2/c1-5-6-12-7-9-13(10-8-12)15-11(2)14(16-3)17-4/h7-11,14-15H,5-6H2,1-4H3. The molecule has 0 saturated carbocycles. The van der Waals surface area contributed by atoms with Gasteiger partial charge >= 0.3 is 0 Å². The number of anilines is 1. The lowest BCUT2D eigenvalue weighted by atomic mass is 10.1. The molecule has 0 saturated heterocycles. The van der Waals surface area contributed by atoms with Crippen molar-refractivity contribution in [3.63, 3.8) is 0 Å². The Bertz CT molecular complexity index is 307. The normalized spacial score (nSPS) is 12.8. The minimum Gasteiger partial charge on any atom is -0.377 e. The molecule has 0 aliphatic carbocycles. The number of nitrogens with one attached hydrogen (secondary N) is 1. The molecule has 17 heavy (non-hydrogen) atoms. The molecule has 1 rings (SSSR count). The number of methoxy groups -OCH3 is 2. The van der Waals surface area contributed by atoms with Crippen LogP contribution >= 0.6 is 0 Å². The summed E-state index contributed by atoms with van der Waals surface area (Å²) in [6.07, 6.45) is 2.08. The van der Waals surface area contributed by atoms with Crippen LogP contribution in [0.5, 0.6) is 0 Å². The number of ether oxygens (including phenoxy) is 2. The van der Waals surface area contributed by atoms with Crippen LogP contribution in [0.15, 0.2) is 24.3 Å². The molecule has 0 bridgehead atoms. The highest BCUT2D eigenvalue weighted by atomic mass is 16.7. The van der Waals surface area contributed by atoms with Crippen LogP contribution in [0.25, 0.3) is 0 Å². The maximum Gasteiger partial charge on any atom is 0.176 e. The summed E-state index contributed by atoms with van der Waals surface area (Å²) < 4.78 is 10.4. The number of hydrogen-bond acceptors (Lipinski definition) is 3. The Kier molecular flexibility index (Phi) is 6.01. The van der Waals surface area contributed by atoms with E-state index >= 15 is 0 Å². The molecule has 0 radical (unpaired) electrons. The van der Waals surface area contributed by atoms with Gasteiger partial charge in [0.15, 0.2) is 6.29 Å². The Morgan fingerprint density at radius 1 is 1.12 bits per heavy atom. The van der Waals surface area contributed by atoms with Crippen molar-refractivity contribution in [1.82, 2.24) is 0 Å². The minimum atomic E-state index is -0.231. The van der Waals surface area contributed by atoms with Crippen LogP contribution in [0.4, 0.5) is 5.69 Å². The number of benzene rings is 1. The van der Waals surface area contributed by atoms with E-state index in [1.807, 2.05) is 6.92 Å². The van der Waals surface area contributed by atoms with Crippen LogP contribution in [0.2, 0.25) is 0 Å². The first-order valence-electron chi connectivity index (χ1n) is 6.12. The molecule has 1 N–H and O–H groups in total. The second-order valence-electron chi connectivity index (χ2n) is 4.22. The largest absolute Gasteiger partial charge is 0.377 e. The quantitative estimate of drug-likeness (QED) is 0.739. The van der Waals surface area contributed by atoms with Crippen molar-refractivity contribution in [1.29, 1.82) is 0 Å². The fourth-order valence-electron chi connectivity index (χ4n) is 1.89. The molecule has 0 aliphatic heterocycles. The first-order chi connectivity index (χ1) is 8.21.